The summed E-state index contributed by atoms with van der Waals surface area (Å²) in [6.45, 7) is 4.00. The van der Waals surface area contributed by atoms with Crippen molar-refractivity contribution in [3.63, 3.8) is 0 Å². The van der Waals surface area contributed by atoms with E-state index in [-0.39, 0.29) is 5.75 Å². The first-order valence-corrected chi connectivity index (χ1v) is 6.55. The van der Waals surface area contributed by atoms with Crippen molar-refractivity contribution >= 4 is 9.84 Å². The number of sulfone groups is 1. The molecular formula is C8H14N3O4S+. The van der Waals surface area contributed by atoms with Gasteiger partial charge in [0.05, 0.1) is 23.6 Å². The van der Waals surface area contributed by atoms with E-state index in [2.05, 4.69) is 9.79 Å². The van der Waals surface area contributed by atoms with Crippen LogP contribution in [0.3, 0.4) is 0 Å². The Bertz CT molecular complexity index is 542. The van der Waals surface area contributed by atoms with Gasteiger partial charge in [0.2, 0.25) is 0 Å². The van der Waals surface area contributed by atoms with Gasteiger partial charge in [-0.05, 0) is 13.8 Å². The Morgan fingerprint density at radius 2 is 2.25 bits per heavy atom. The Morgan fingerprint density at radius 3 is 2.75 bits per heavy atom. The maximum atomic E-state index is 11.8. The summed E-state index contributed by atoms with van der Waals surface area (Å²) in [7, 11) is -3.07. The highest BCUT2D eigenvalue weighted by Gasteiger charge is 2.43. The van der Waals surface area contributed by atoms with Crippen molar-refractivity contribution < 1.29 is 17.7 Å². The number of nitrogens with zero attached hydrogens (tertiary/aromatic N) is 2. The van der Waals surface area contributed by atoms with Gasteiger partial charge in [-0.1, -0.05) is 0 Å². The van der Waals surface area contributed by atoms with Gasteiger partial charge in [-0.25, -0.2) is 13.2 Å². The first kappa shape index (κ1) is 11.2. The highest BCUT2D eigenvalue weighted by atomic mass is 32.2. The van der Waals surface area contributed by atoms with Gasteiger partial charge in [-0.2, -0.15) is 5.01 Å². The summed E-state index contributed by atoms with van der Waals surface area (Å²) in [5.41, 5.74) is -0.494. The third kappa shape index (κ3) is 1.73. The molecule has 1 aliphatic heterocycles. The van der Waals surface area contributed by atoms with Crippen molar-refractivity contribution in [3.05, 3.63) is 16.6 Å². The summed E-state index contributed by atoms with van der Waals surface area (Å²) in [6, 6.07) is 0. The van der Waals surface area contributed by atoms with Crippen LogP contribution in [0.5, 0.6) is 0 Å². The van der Waals surface area contributed by atoms with Gasteiger partial charge in [0.25, 0.3) is 0 Å². The number of nitrogens with one attached hydrogen (secondary N) is 1. The molecule has 0 aliphatic carbocycles. The molecule has 1 aromatic rings. The molecule has 1 aromatic heterocycles. The van der Waals surface area contributed by atoms with Gasteiger partial charge in [-0.15, -0.1) is 0 Å². The van der Waals surface area contributed by atoms with Crippen LogP contribution in [-0.4, -0.2) is 37.3 Å². The number of rotatable bonds is 1. The number of hydrogen-bond donors (Lipinski definition) is 1. The van der Waals surface area contributed by atoms with Crippen LogP contribution in [0.15, 0.2) is 15.5 Å². The Labute approximate surface area is 92.5 Å². The van der Waals surface area contributed by atoms with Gasteiger partial charge in [0, 0.05) is 10.1 Å². The molecule has 1 fully saturated rings. The molecule has 0 aromatic carbocycles. The molecule has 2 heterocycles. The SMILES string of the molecule is CC1(C)CN([n+]2cc(=O)o[nH]2)CCS1(=O)=O. The molecule has 0 saturated carbocycles. The molecular weight excluding hydrogens is 234 g/mol. The molecule has 8 heteroatoms. The molecule has 2 rings (SSSR count). The fourth-order valence-corrected chi connectivity index (χ4v) is 3.04. The summed E-state index contributed by atoms with van der Waals surface area (Å²) < 4.78 is 27.2. The van der Waals surface area contributed by atoms with Crippen LogP contribution >= 0.6 is 0 Å². The molecule has 1 N–H and O–H groups in total. The summed E-state index contributed by atoms with van der Waals surface area (Å²) in [4.78, 5) is 12.2. The lowest BCUT2D eigenvalue weighted by Gasteiger charge is -2.32. The van der Waals surface area contributed by atoms with Gasteiger partial charge in [-0.3, -0.25) is 4.52 Å². The molecule has 0 amide bonds. The standard InChI is InChI=1S/C8H13N3O4S/c1-8(2)6-10(3-4-16(8,13)14)11-5-7(12)15-9-11/h5H,3-4,6H2,1-2H3/p+1. The Morgan fingerprint density at radius 1 is 1.56 bits per heavy atom. The largest absolute Gasteiger partial charge is 0.430 e. The van der Waals surface area contributed by atoms with E-state index in [1.807, 2.05) is 0 Å². The second-order valence-electron chi connectivity index (χ2n) is 4.45. The molecule has 1 saturated heterocycles. The second kappa shape index (κ2) is 3.34. The van der Waals surface area contributed by atoms with E-state index in [1.165, 1.54) is 11.0 Å². The van der Waals surface area contributed by atoms with Crippen molar-refractivity contribution in [2.75, 3.05) is 23.9 Å². The van der Waals surface area contributed by atoms with Crippen LogP contribution in [0.2, 0.25) is 0 Å². The van der Waals surface area contributed by atoms with Crippen LogP contribution in [0, 0.1) is 0 Å². The quantitative estimate of drug-likeness (QED) is 0.605. The molecule has 7 nitrogen and oxygen atoms in total. The van der Waals surface area contributed by atoms with Gasteiger partial charge in [0.15, 0.2) is 9.84 Å². The first-order valence-electron chi connectivity index (χ1n) is 4.89. The van der Waals surface area contributed by atoms with E-state index in [0.717, 1.165) is 0 Å². The first-order chi connectivity index (χ1) is 7.32. The van der Waals surface area contributed by atoms with Crippen molar-refractivity contribution in [1.29, 1.82) is 0 Å². The molecule has 0 unspecified atom stereocenters. The Balaban J connectivity index is 2.27. The summed E-state index contributed by atoms with van der Waals surface area (Å²) >= 11 is 0. The zero-order valence-electron chi connectivity index (χ0n) is 9.13. The van der Waals surface area contributed by atoms with Crippen molar-refractivity contribution in [1.82, 2.24) is 5.27 Å². The van der Waals surface area contributed by atoms with Crippen LogP contribution in [0.1, 0.15) is 13.8 Å². The lowest BCUT2D eigenvalue weighted by Crippen LogP contribution is -2.68. The average Bonchev–Trinajstić information content (AvgIpc) is 2.57. The molecule has 16 heavy (non-hydrogen) atoms. The predicted octanol–water partition coefficient (Wildman–Crippen LogP) is -1.60. The van der Waals surface area contributed by atoms with Crippen LogP contribution < -0.4 is 15.4 Å². The molecule has 0 radical (unpaired) electrons. The zero-order valence-corrected chi connectivity index (χ0v) is 9.95. The number of aromatic amines is 1. The number of hydrogen-bond acceptors (Lipinski definition) is 5. The van der Waals surface area contributed by atoms with E-state index in [9.17, 15) is 13.2 Å². The maximum Gasteiger partial charge on any atom is 0.430 e. The lowest BCUT2D eigenvalue weighted by atomic mass is 10.2. The minimum atomic E-state index is -3.07. The fourth-order valence-electron chi connectivity index (χ4n) is 1.69. The maximum absolute atomic E-state index is 11.8. The number of aromatic nitrogens is 2. The zero-order chi connectivity index (χ0) is 12.0. The van der Waals surface area contributed by atoms with E-state index < -0.39 is 20.2 Å². The van der Waals surface area contributed by atoms with Crippen molar-refractivity contribution in [2.24, 2.45) is 0 Å². The van der Waals surface area contributed by atoms with E-state index in [0.29, 0.717) is 13.1 Å². The minimum Gasteiger partial charge on any atom is -0.281 e. The third-order valence-electron chi connectivity index (χ3n) is 2.80. The van der Waals surface area contributed by atoms with Gasteiger partial charge >= 0.3 is 11.8 Å². The number of H-pyrrole nitrogens is 1. The molecule has 0 spiro atoms. The second-order valence-corrected chi connectivity index (χ2v) is 7.20. The molecule has 1 aliphatic rings. The Kier molecular flexibility index (Phi) is 2.33. The Hall–Kier alpha value is -1.31. The lowest BCUT2D eigenvalue weighted by molar-refractivity contribution is -0.758. The van der Waals surface area contributed by atoms with E-state index in [4.69, 9.17) is 0 Å². The predicted molar refractivity (Wildman–Crippen MR) is 55.3 cm³/mol. The van der Waals surface area contributed by atoms with Gasteiger partial charge in [0.1, 0.15) is 0 Å². The third-order valence-corrected chi connectivity index (χ3v) is 5.33. The van der Waals surface area contributed by atoms with Gasteiger partial charge < -0.3 is 0 Å². The minimum absolute atomic E-state index is 0.0697. The van der Waals surface area contributed by atoms with Crippen LogP contribution in [-0.2, 0) is 9.84 Å². The van der Waals surface area contributed by atoms with Crippen LogP contribution in [0.25, 0.3) is 0 Å². The summed E-state index contributed by atoms with van der Waals surface area (Å²) in [5.74, 6) is 0.0697. The molecule has 0 atom stereocenters. The fraction of sp³-hybridized carbons (Fsp3) is 0.750. The molecule has 90 valence electrons. The highest BCUT2D eigenvalue weighted by Crippen LogP contribution is 2.21. The monoisotopic (exact) mass is 248 g/mol. The summed E-state index contributed by atoms with van der Waals surface area (Å²) in [5, 5.41) is 4.13. The topological polar surface area (TPSA) is 87.3 Å². The van der Waals surface area contributed by atoms with Crippen molar-refractivity contribution in [3.8, 4) is 0 Å². The van der Waals surface area contributed by atoms with E-state index >= 15 is 0 Å². The molecule has 0 bridgehead atoms. The normalized spacial score (nSPS) is 23.2. The van der Waals surface area contributed by atoms with E-state index in [1.54, 1.807) is 18.9 Å². The summed E-state index contributed by atoms with van der Waals surface area (Å²) in [6.07, 6.45) is 1.24. The van der Waals surface area contributed by atoms with Crippen molar-refractivity contribution in [2.45, 2.75) is 18.6 Å². The average molecular weight is 248 g/mol. The smallest absolute Gasteiger partial charge is 0.281 e. The van der Waals surface area contributed by atoms with Crippen LogP contribution in [0.4, 0.5) is 0 Å². The highest BCUT2D eigenvalue weighted by molar-refractivity contribution is 7.92.